The van der Waals surface area contributed by atoms with Crippen LogP contribution in [0.4, 0.5) is 5.69 Å². The molecule has 2 atom stereocenters. The molecule has 1 saturated carbocycles. The first-order valence-electron chi connectivity index (χ1n) is 8.67. The van der Waals surface area contributed by atoms with E-state index in [0.717, 1.165) is 12.8 Å². The number of anilines is 1. The molecule has 1 aliphatic carbocycles. The number of sulfonamides is 1. The highest BCUT2D eigenvalue weighted by atomic mass is 32.2. The number of amides is 1. The van der Waals surface area contributed by atoms with E-state index in [2.05, 4.69) is 10.0 Å². The van der Waals surface area contributed by atoms with Crippen LogP contribution in [0.25, 0.3) is 0 Å². The van der Waals surface area contributed by atoms with E-state index in [1.54, 1.807) is 20.8 Å². The van der Waals surface area contributed by atoms with Gasteiger partial charge in [-0.1, -0.05) is 12.8 Å². The maximum atomic E-state index is 12.4. The zero-order valence-corrected chi connectivity index (χ0v) is 16.1. The number of benzene rings is 1. The molecule has 0 aromatic heterocycles. The highest BCUT2D eigenvalue weighted by Crippen LogP contribution is 2.31. The van der Waals surface area contributed by atoms with Gasteiger partial charge in [0.25, 0.3) is 0 Å². The van der Waals surface area contributed by atoms with Crippen LogP contribution >= 0.6 is 0 Å². The molecular weight excluding hydrogens is 356 g/mol. The van der Waals surface area contributed by atoms with Crippen molar-refractivity contribution in [2.75, 3.05) is 5.32 Å². The standard InChI is InChI=1S/C18H26N2O5S/c1-18(2,3)20-26(24,25)13-10-8-12(9-11-13)19-16(21)14-6-4-5-7-15(14)17(22)23/h8-11,14-15,20H,4-7H2,1-3H3,(H,19,21)(H,22,23). The van der Waals surface area contributed by atoms with Crippen LogP contribution in [0.3, 0.4) is 0 Å². The number of hydrogen-bond donors (Lipinski definition) is 3. The number of hydrogen-bond acceptors (Lipinski definition) is 4. The summed E-state index contributed by atoms with van der Waals surface area (Å²) in [5, 5.41) is 12.0. The summed E-state index contributed by atoms with van der Waals surface area (Å²) in [6.45, 7) is 5.26. The summed E-state index contributed by atoms with van der Waals surface area (Å²) in [4.78, 5) is 23.9. The summed E-state index contributed by atoms with van der Waals surface area (Å²) < 4.78 is 27.1. The molecule has 3 N–H and O–H groups in total. The first-order chi connectivity index (χ1) is 12.0. The van der Waals surface area contributed by atoms with E-state index in [9.17, 15) is 23.1 Å². The molecule has 1 aliphatic rings. The molecule has 26 heavy (non-hydrogen) atoms. The van der Waals surface area contributed by atoms with Gasteiger partial charge in [0.2, 0.25) is 15.9 Å². The summed E-state index contributed by atoms with van der Waals surface area (Å²) in [5.74, 6) is -2.51. The Hall–Kier alpha value is -1.93. The van der Waals surface area contributed by atoms with Gasteiger partial charge in [0, 0.05) is 11.2 Å². The predicted octanol–water partition coefficient (Wildman–Crippen LogP) is 2.59. The van der Waals surface area contributed by atoms with Gasteiger partial charge in [-0.2, -0.15) is 0 Å². The zero-order valence-electron chi connectivity index (χ0n) is 15.3. The van der Waals surface area contributed by atoms with Crippen LogP contribution in [-0.4, -0.2) is 30.9 Å². The zero-order chi connectivity index (χ0) is 19.5. The third-order valence-electron chi connectivity index (χ3n) is 4.29. The van der Waals surface area contributed by atoms with Crippen molar-refractivity contribution < 1.29 is 23.1 Å². The molecule has 0 aliphatic heterocycles. The smallest absolute Gasteiger partial charge is 0.307 e. The number of nitrogens with one attached hydrogen (secondary N) is 2. The van der Waals surface area contributed by atoms with Crippen LogP contribution in [0.2, 0.25) is 0 Å². The number of carboxylic acid groups (broad SMARTS) is 1. The molecule has 1 fully saturated rings. The van der Waals surface area contributed by atoms with Crippen LogP contribution in [0.1, 0.15) is 46.5 Å². The lowest BCUT2D eigenvalue weighted by Crippen LogP contribution is -2.40. The SMILES string of the molecule is CC(C)(C)NS(=O)(=O)c1ccc(NC(=O)C2CCCCC2C(=O)O)cc1. The minimum atomic E-state index is -3.64. The summed E-state index contributed by atoms with van der Waals surface area (Å²) in [6.07, 6.45) is 2.69. The van der Waals surface area contributed by atoms with Crippen LogP contribution < -0.4 is 10.0 Å². The Morgan fingerprint density at radius 2 is 1.58 bits per heavy atom. The van der Waals surface area contributed by atoms with Gasteiger partial charge in [-0.05, 0) is 57.9 Å². The van der Waals surface area contributed by atoms with Crippen molar-refractivity contribution in [3.05, 3.63) is 24.3 Å². The van der Waals surface area contributed by atoms with Gasteiger partial charge in [0.1, 0.15) is 0 Å². The fraction of sp³-hybridized carbons (Fsp3) is 0.556. The average Bonchev–Trinajstić information content (AvgIpc) is 2.53. The second-order valence-corrected chi connectivity index (χ2v) is 9.39. The molecule has 1 amide bonds. The van der Waals surface area contributed by atoms with E-state index in [-0.39, 0.29) is 10.8 Å². The Balaban J connectivity index is 2.09. The van der Waals surface area contributed by atoms with E-state index in [1.165, 1.54) is 24.3 Å². The molecule has 144 valence electrons. The maximum absolute atomic E-state index is 12.4. The summed E-state index contributed by atoms with van der Waals surface area (Å²) >= 11 is 0. The van der Waals surface area contributed by atoms with Crippen LogP contribution in [-0.2, 0) is 19.6 Å². The van der Waals surface area contributed by atoms with Gasteiger partial charge in [0.15, 0.2) is 0 Å². The molecule has 0 radical (unpaired) electrons. The van der Waals surface area contributed by atoms with Crippen molar-refractivity contribution in [2.24, 2.45) is 11.8 Å². The average molecular weight is 382 g/mol. The third-order valence-corrected chi connectivity index (χ3v) is 6.07. The van der Waals surface area contributed by atoms with Crippen molar-refractivity contribution in [1.29, 1.82) is 0 Å². The molecular formula is C18H26N2O5S. The Morgan fingerprint density at radius 3 is 2.08 bits per heavy atom. The van der Waals surface area contributed by atoms with E-state index in [1.807, 2.05) is 0 Å². The van der Waals surface area contributed by atoms with Crippen molar-refractivity contribution >= 4 is 27.6 Å². The van der Waals surface area contributed by atoms with Gasteiger partial charge in [-0.3, -0.25) is 9.59 Å². The fourth-order valence-corrected chi connectivity index (χ4v) is 4.57. The molecule has 1 aromatic carbocycles. The highest BCUT2D eigenvalue weighted by Gasteiger charge is 2.35. The monoisotopic (exact) mass is 382 g/mol. The van der Waals surface area contributed by atoms with E-state index >= 15 is 0 Å². The number of carbonyl (C=O) groups is 2. The topological polar surface area (TPSA) is 113 Å². The Labute approximate surface area is 154 Å². The van der Waals surface area contributed by atoms with Crippen molar-refractivity contribution in [1.82, 2.24) is 4.72 Å². The third kappa shape index (κ3) is 5.28. The minimum Gasteiger partial charge on any atom is -0.481 e. The molecule has 7 nitrogen and oxygen atoms in total. The van der Waals surface area contributed by atoms with Crippen molar-refractivity contribution in [3.63, 3.8) is 0 Å². The second kappa shape index (κ2) is 7.75. The quantitative estimate of drug-likeness (QED) is 0.724. The molecule has 0 bridgehead atoms. The van der Waals surface area contributed by atoms with Gasteiger partial charge in [-0.25, -0.2) is 13.1 Å². The molecule has 1 aromatic rings. The lowest BCUT2D eigenvalue weighted by atomic mass is 9.78. The van der Waals surface area contributed by atoms with E-state index in [4.69, 9.17) is 0 Å². The fourth-order valence-electron chi connectivity index (χ4n) is 3.15. The largest absolute Gasteiger partial charge is 0.481 e. The number of rotatable bonds is 5. The minimum absolute atomic E-state index is 0.103. The molecule has 2 unspecified atom stereocenters. The molecule has 2 rings (SSSR count). The van der Waals surface area contributed by atoms with E-state index in [0.29, 0.717) is 18.5 Å². The number of aliphatic carboxylic acids is 1. The maximum Gasteiger partial charge on any atom is 0.307 e. The van der Waals surface area contributed by atoms with Crippen LogP contribution in [0, 0.1) is 11.8 Å². The van der Waals surface area contributed by atoms with E-state index < -0.39 is 33.4 Å². The molecule has 0 spiro atoms. The Morgan fingerprint density at radius 1 is 1.04 bits per heavy atom. The number of carboxylic acids is 1. The van der Waals surface area contributed by atoms with Gasteiger partial charge in [0.05, 0.1) is 16.7 Å². The first-order valence-corrected chi connectivity index (χ1v) is 10.2. The normalized spacial score (nSPS) is 21.2. The molecule has 0 heterocycles. The van der Waals surface area contributed by atoms with Crippen molar-refractivity contribution in [2.45, 2.75) is 56.9 Å². The van der Waals surface area contributed by atoms with Gasteiger partial charge >= 0.3 is 5.97 Å². The van der Waals surface area contributed by atoms with Crippen molar-refractivity contribution in [3.8, 4) is 0 Å². The summed E-state index contributed by atoms with van der Waals surface area (Å²) in [6, 6.07) is 5.85. The molecule has 8 heteroatoms. The highest BCUT2D eigenvalue weighted by molar-refractivity contribution is 7.89. The van der Waals surface area contributed by atoms with Gasteiger partial charge < -0.3 is 10.4 Å². The summed E-state index contributed by atoms with van der Waals surface area (Å²) in [7, 11) is -3.64. The van der Waals surface area contributed by atoms with Crippen LogP contribution in [0.5, 0.6) is 0 Å². The summed E-state index contributed by atoms with van der Waals surface area (Å²) in [5.41, 5.74) is -0.155. The van der Waals surface area contributed by atoms with Gasteiger partial charge in [-0.15, -0.1) is 0 Å². The lowest BCUT2D eigenvalue weighted by molar-refractivity contribution is -0.147. The molecule has 0 saturated heterocycles. The Kier molecular flexibility index (Phi) is 6.08. The Bertz CT molecular complexity index is 766. The lowest BCUT2D eigenvalue weighted by Gasteiger charge is -2.27. The first kappa shape index (κ1) is 20.4. The second-order valence-electron chi connectivity index (χ2n) is 7.70. The van der Waals surface area contributed by atoms with Crippen LogP contribution in [0.15, 0.2) is 29.2 Å². The number of carbonyl (C=O) groups excluding carboxylic acids is 1. The predicted molar refractivity (Wildman–Crippen MR) is 98.2 cm³/mol.